The van der Waals surface area contributed by atoms with Crippen molar-refractivity contribution in [2.45, 2.75) is 37.8 Å². The largest absolute Gasteiger partial charge is 0.381 e. The lowest BCUT2D eigenvalue weighted by molar-refractivity contribution is -0.0774. The van der Waals surface area contributed by atoms with Crippen LogP contribution in [0.15, 0.2) is 24.4 Å². The third-order valence-corrected chi connectivity index (χ3v) is 5.69. The van der Waals surface area contributed by atoms with Crippen LogP contribution in [-0.4, -0.2) is 61.5 Å². The molecule has 0 spiro atoms. The lowest BCUT2D eigenvalue weighted by Gasteiger charge is -2.47. The first-order valence-electron chi connectivity index (χ1n) is 9.48. The van der Waals surface area contributed by atoms with Crippen LogP contribution in [0.25, 0.3) is 0 Å². The van der Waals surface area contributed by atoms with Gasteiger partial charge in [0.05, 0.1) is 12.1 Å². The average molecular weight is 331 g/mol. The second-order valence-electron chi connectivity index (χ2n) is 7.48. The van der Waals surface area contributed by atoms with Gasteiger partial charge in [-0.3, -0.25) is 0 Å². The van der Waals surface area contributed by atoms with Gasteiger partial charge in [0.25, 0.3) is 0 Å². The molecule has 132 valence electrons. The standard InChI is InChI=1S/C19H29N3O2/c1-2-8-20-18(5-1)21-17-14-22(12-15-6-10-23-11-7-15)13-16-4-3-9-24-19(16)17/h1-2,5,8,15-17,19H,3-4,6-7,9-14H2,(H,20,21)/t16-,17+,19-/m0/s1. The molecule has 3 aliphatic heterocycles. The van der Waals surface area contributed by atoms with Gasteiger partial charge >= 0.3 is 0 Å². The molecular formula is C19H29N3O2. The van der Waals surface area contributed by atoms with Gasteiger partial charge in [-0.1, -0.05) is 6.07 Å². The number of ether oxygens (including phenoxy) is 2. The van der Waals surface area contributed by atoms with Crippen LogP contribution in [0.3, 0.4) is 0 Å². The molecule has 1 N–H and O–H groups in total. The zero-order chi connectivity index (χ0) is 16.2. The Labute approximate surface area is 144 Å². The first kappa shape index (κ1) is 16.3. The van der Waals surface area contributed by atoms with Crippen molar-refractivity contribution in [3.05, 3.63) is 24.4 Å². The Morgan fingerprint density at radius 1 is 1.12 bits per heavy atom. The summed E-state index contributed by atoms with van der Waals surface area (Å²) < 4.78 is 11.7. The number of hydrogen-bond donors (Lipinski definition) is 1. The van der Waals surface area contributed by atoms with Crippen LogP contribution in [0.2, 0.25) is 0 Å². The molecule has 5 nitrogen and oxygen atoms in total. The second kappa shape index (κ2) is 7.81. The Morgan fingerprint density at radius 3 is 2.88 bits per heavy atom. The Kier molecular flexibility index (Phi) is 5.30. The molecule has 3 saturated heterocycles. The van der Waals surface area contributed by atoms with Crippen molar-refractivity contribution in [2.75, 3.05) is 44.8 Å². The Balaban J connectivity index is 1.43. The van der Waals surface area contributed by atoms with E-state index >= 15 is 0 Å². The maximum atomic E-state index is 6.17. The molecule has 4 rings (SSSR count). The summed E-state index contributed by atoms with van der Waals surface area (Å²) in [5, 5.41) is 3.64. The Morgan fingerprint density at radius 2 is 2.04 bits per heavy atom. The molecule has 0 amide bonds. The van der Waals surface area contributed by atoms with Gasteiger partial charge in [-0.2, -0.15) is 0 Å². The molecule has 3 aliphatic rings. The molecule has 24 heavy (non-hydrogen) atoms. The van der Waals surface area contributed by atoms with Gasteiger partial charge in [-0.25, -0.2) is 4.98 Å². The molecule has 0 radical (unpaired) electrons. The van der Waals surface area contributed by atoms with Gasteiger partial charge in [0.2, 0.25) is 0 Å². The van der Waals surface area contributed by atoms with Crippen molar-refractivity contribution in [1.29, 1.82) is 0 Å². The van der Waals surface area contributed by atoms with E-state index in [0.29, 0.717) is 18.1 Å². The maximum absolute atomic E-state index is 6.17. The molecule has 0 saturated carbocycles. The highest BCUT2D eigenvalue weighted by Gasteiger charge is 2.39. The lowest BCUT2D eigenvalue weighted by Crippen LogP contribution is -2.58. The number of likely N-dealkylation sites (tertiary alicyclic amines) is 1. The van der Waals surface area contributed by atoms with Crippen molar-refractivity contribution in [1.82, 2.24) is 9.88 Å². The van der Waals surface area contributed by atoms with E-state index in [0.717, 1.165) is 38.1 Å². The number of pyridine rings is 1. The van der Waals surface area contributed by atoms with E-state index in [1.54, 1.807) is 0 Å². The van der Waals surface area contributed by atoms with Crippen molar-refractivity contribution >= 4 is 5.82 Å². The van der Waals surface area contributed by atoms with Gasteiger partial charge in [0, 0.05) is 45.7 Å². The van der Waals surface area contributed by atoms with E-state index in [2.05, 4.69) is 21.3 Å². The van der Waals surface area contributed by atoms with Crippen LogP contribution in [0, 0.1) is 11.8 Å². The zero-order valence-electron chi connectivity index (χ0n) is 14.4. The van der Waals surface area contributed by atoms with Gasteiger partial charge in [0.15, 0.2) is 0 Å². The van der Waals surface area contributed by atoms with Gasteiger partial charge in [-0.15, -0.1) is 0 Å². The average Bonchev–Trinajstić information content (AvgIpc) is 2.63. The number of aromatic nitrogens is 1. The van der Waals surface area contributed by atoms with Crippen LogP contribution in [-0.2, 0) is 9.47 Å². The number of piperidine rings is 1. The first-order valence-corrected chi connectivity index (χ1v) is 9.48. The smallest absolute Gasteiger partial charge is 0.126 e. The summed E-state index contributed by atoms with van der Waals surface area (Å²) in [7, 11) is 0. The summed E-state index contributed by atoms with van der Waals surface area (Å²) in [6.07, 6.45) is 7.08. The van der Waals surface area contributed by atoms with Crippen LogP contribution in [0.1, 0.15) is 25.7 Å². The molecule has 4 heterocycles. The fraction of sp³-hybridized carbons (Fsp3) is 0.737. The number of hydrogen-bond acceptors (Lipinski definition) is 5. The minimum atomic E-state index is 0.326. The molecule has 0 unspecified atom stereocenters. The monoisotopic (exact) mass is 331 g/mol. The summed E-state index contributed by atoms with van der Waals surface area (Å²) in [5.41, 5.74) is 0. The normalized spacial score (nSPS) is 32.2. The third kappa shape index (κ3) is 3.90. The fourth-order valence-corrected chi connectivity index (χ4v) is 4.50. The topological polar surface area (TPSA) is 46.6 Å². The highest BCUT2D eigenvalue weighted by Crippen LogP contribution is 2.31. The molecule has 1 aromatic rings. The molecule has 1 aromatic heterocycles. The van der Waals surface area contributed by atoms with Crippen molar-refractivity contribution in [3.8, 4) is 0 Å². The number of anilines is 1. The SMILES string of the molecule is c1ccc(N[C@@H]2CN(CC3CCOCC3)C[C@@H]3CCCO[C@@H]32)nc1. The van der Waals surface area contributed by atoms with Crippen molar-refractivity contribution in [3.63, 3.8) is 0 Å². The summed E-state index contributed by atoms with van der Waals surface area (Å²) in [5.74, 6) is 2.40. The molecule has 5 heteroatoms. The molecule has 0 bridgehead atoms. The summed E-state index contributed by atoms with van der Waals surface area (Å²) in [4.78, 5) is 7.11. The molecule has 3 atom stereocenters. The number of fused-ring (bicyclic) bond motifs is 1. The predicted octanol–water partition coefficient (Wildman–Crippen LogP) is 2.40. The zero-order valence-corrected chi connectivity index (χ0v) is 14.4. The molecule has 0 aliphatic carbocycles. The van der Waals surface area contributed by atoms with E-state index in [4.69, 9.17) is 9.47 Å². The lowest BCUT2D eigenvalue weighted by atomic mass is 9.84. The van der Waals surface area contributed by atoms with E-state index in [-0.39, 0.29) is 0 Å². The van der Waals surface area contributed by atoms with Gasteiger partial charge < -0.3 is 19.7 Å². The minimum Gasteiger partial charge on any atom is -0.381 e. The summed E-state index contributed by atoms with van der Waals surface area (Å²) >= 11 is 0. The molecule has 3 fully saturated rings. The van der Waals surface area contributed by atoms with Crippen molar-refractivity contribution < 1.29 is 9.47 Å². The van der Waals surface area contributed by atoms with Crippen LogP contribution < -0.4 is 5.32 Å². The molecular weight excluding hydrogens is 302 g/mol. The highest BCUT2D eigenvalue weighted by molar-refractivity contribution is 5.35. The Hall–Kier alpha value is -1.17. The van der Waals surface area contributed by atoms with Crippen LogP contribution >= 0.6 is 0 Å². The van der Waals surface area contributed by atoms with E-state index < -0.39 is 0 Å². The summed E-state index contributed by atoms with van der Waals surface area (Å²) in [6.45, 7) is 6.21. The number of nitrogens with one attached hydrogen (secondary N) is 1. The quantitative estimate of drug-likeness (QED) is 0.918. The first-order chi connectivity index (χ1) is 11.9. The maximum Gasteiger partial charge on any atom is 0.126 e. The third-order valence-electron chi connectivity index (χ3n) is 5.69. The van der Waals surface area contributed by atoms with Gasteiger partial charge in [0.1, 0.15) is 5.82 Å². The predicted molar refractivity (Wildman–Crippen MR) is 94.1 cm³/mol. The second-order valence-corrected chi connectivity index (χ2v) is 7.48. The van der Waals surface area contributed by atoms with Gasteiger partial charge in [-0.05, 0) is 49.7 Å². The molecule has 0 aromatic carbocycles. The highest BCUT2D eigenvalue weighted by atomic mass is 16.5. The number of nitrogens with zero attached hydrogens (tertiary/aromatic N) is 2. The number of rotatable bonds is 4. The van der Waals surface area contributed by atoms with Crippen LogP contribution in [0.4, 0.5) is 5.82 Å². The minimum absolute atomic E-state index is 0.326. The van der Waals surface area contributed by atoms with E-state index in [1.165, 1.54) is 38.8 Å². The van der Waals surface area contributed by atoms with E-state index in [1.807, 2.05) is 18.3 Å². The van der Waals surface area contributed by atoms with E-state index in [9.17, 15) is 0 Å². The van der Waals surface area contributed by atoms with Crippen molar-refractivity contribution in [2.24, 2.45) is 11.8 Å². The Bertz CT molecular complexity index is 505. The fourth-order valence-electron chi connectivity index (χ4n) is 4.50. The summed E-state index contributed by atoms with van der Waals surface area (Å²) in [6, 6.07) is 6.38. The van der Waals surface area contributed by atoms with Crippen LogP contribution in [0.5, 0.6) is 0 Å².